The summed E-state index contributed by atoms with van der Waals surface area (Å²) in [5.41, 5.74) is 3.01. The molecule has 4 rings (SSSR count). The average molecular weight is 333 g/mol. The Bertz CT molecular complexity index is 703. The van der Waals surface area contributed by atoms with Gasteiger partial charge < -0.3 is 10.6 Å². The summed E-state index contributed by atoms with van der Waals surface area (Å²) in [5, 5.41) is 11.7. The molecule has 1 saturated heterocycles. The van der Waals surface area contributed by atoms with Gasteiger partial charge in [-0.2, -0.15) is 5.10 Å². The van der Waals surface area contributed by atoms with E-state index < -0.39 is 0 Å². The molecule has 2 aromatic rings. The summed E-state index contributed by atoms with van der Waals surface area (Å²) in [5.74, 6) is 1.42. The van der Waals surface area contributed by atoms with Crippen LogP contribution in [0.3, 0.4) is 0 Å². The molecule has 2 N–H and O–H groups in total. The van der Waals surface area contributed by atoms with E-state index in [1.807, 2.05) is 17.9 Å². The Kier molecular flexibility index (Phi) is 3.95. The van der Waals surface area contributed by atoms with Crippen molar-refractivity contribution in [1.29, 1.82) is 0 Å². The van der Waals surface area contributed by atoms with Gasteiger partial charge in [0.15, 0.2) is 0 Å². The lowest BCUT2D eigenvalue weighted by atomic mass is 10.1. The first kappa shape index (κ1) is 14.9. The molecule has 0 amide bonds. The van der Waals surface area contributed by atoms with E-state index in [2.05, 4.69) is 25.7 Å². The highest BCUT2D eigenvalue weighted by Crippen LogP contribution is 2.36. The van der Waals surface area contributed by atoms with Crippen molar-refractivity contribution in [2.24, 2.45) is 13.0 Å². The van der Waals surface area contributed by atoms with Crippen molar-refractivity contribution in [1.82, 2.24) is 25.1 Å². The molecule has 0 radical (unpaired) electrons. The maximum Gasteiger partial charge on any atom is 0.223 e. The Labute approximate surface area is 140 Å². The lowest BCUT2D eigenvalue weighted by molar-refractivity contribution is 0.677. The molecule has 6 nitrogen and oxygen atoms in total. The summed E-state index contributed by atoms with van der Waals surface area (Å²) in [7, 11) is 1.99. The van der Waals surface area contributed by atoms with Crippen LogP contribution in [0.1, 0.15) is 25.0 Å². The van der Waals surface area contributed by atoms with Gasteiger partial charge in [0.1, 0.15) is 0 Å². The van der Waals surface area contributed by atoms with Crippen molar-refractivity contribution in [2.45, 2.75) is 31.7 Å². The number of nitrogens with one attached hydrogen (secondary N) is 2. The molecule has 122 valence electrons. The second-order valence-electron chi connectivity index (χ2n) is 6.50. The zero-order valence-electron chi connectivity index (χ0n) is 13.2. The smallest absolute Gasteiger partial charge is 0.223 e. The highest BCUT2D eigenvalue weighted by molar-refractivity contribution is 6.32. The van der Waals surface area contributed by atoms with Gasteiger partial charge in [0.2, 0.25) is 5.95 Å². The second-order valence-corrected chi connectivity index (χ2v) is 6.91. The summed E-state index contributed by atoms with van der Waals surface area (Å²) >= 11 is 6.38. The van der Waals surface area contributed by atoms with E-state index in [1.165, 1.54) is 18.5 Å². The van der Waals surface area contributed by atoms with Gasteiger partial charge in [0.25, 0.3) is 0 Å². The monoisotopic (exact) mass is 332 g/mol. The number of aromatic nitrogens is 4. The van der Waals surface area contributed by atoms with E-state index in [-0.39, 0.29) is 0 Å². The van der Waals surface area contributed by atoms with Crippen LogP contribution in [-0.4, -0.2) is 38.9 Å². The minimum atomic E-state index is 0.379. The molecule has 1 aliphatic heterocycles. The van der Waals surface area contributed by atoms with Crippen LogP contribution in [0.4, 0.5) is 5.95 Å². The van der Waals surface area contributed by atoms with Gasteiger partial charge in [-0.05, 0) is 38.1 Å². The molecule has 1 aliphatic carbocycles. The number of halogens is 1. The van der Waals surface area contributed by atoms with Crippen molar-refractivity contribution >= 4 is 17.5 Å². The summed E-state index contributed by atoms with van der Waals surface area (Å²) in [6, 6.07) is 0.379. The van der Waals surface area contributed by atoms with E-state index >= 15 is 0 Å². The minimum Gasteiger partial charge on any atom is -0.350 e. The van der Waals surface area contributed by atoms with Gasteiger partial charge in [-0.25, -0.2) is 9.97 Å². The standard InChI is InChI=1S/C16H21ClN6/c1-23-14(6-10-2-3-10)12(8-20-23)15-13(17)9-19-16(22-15)21-11-4-5-18-7-11/h8-11,18H,2-7H2,1H3,(H,19,21,22)/t11-/m1/s1. The van der Waals surface area contributed by atoms with Crippen LogP contribution in [0.15, 0.2) is 12.4 Å². The highest BCUT2D eigenvalue weighted by atomic mass is 35.5. The highest BCUT2D eigenvalue weighted by Gasteiger charge is 2.26. The van der Waals surface area contributed by atoms with E-state index in [1.54, 1.807) is 6.20 Å². The number of rotatable bonds is 5. The molecule has 0 bridgehead atoms. The SMILES string of the molecule is Cn1ncc(-c2nc(N[C@@H]3CCNC3)ncc2Cl)c1CC1CC1. The van der Waals surface area contributed by atoms with Crippen molar-refractivity contribution in [2.75, 3.05) is 18.4 Å². The zero-order chi connectivity index (χ0) is 15.8. The van der Waals surface area contributed by atoms with E-state index in [4.69, 9.17) is 11.6 Å². The molecule has 0 unspecified atom stereocenters. The molecule has 1 saturated carbocycles. The van der Waals surface area contributed by atoms with Crippen molar-refractivity contribution in [3.05, 3.63) is 23.1 Å². The number of hydrogen-bond acceptors (Lipinski definition) is 5. The van der Waals surface area contributed by atoms with Crippen molar-refractivity contribution < 1.29 is 0 Å². The Morgan fingerprint density at radius 2 is 2.22 bits per heavy atom. The van der Waals surface area contributed by atoms with Crippen LogP contribution >= 0.6 is 11.6 Å². The molecule has 2 aromatic heterocycles. The third kappa shape index (κ3) is 3.19. The van der Waals surface area contributed by atoms with E-state index in [9.17, 15) is 0 Å². The maximum atomic E-state index is 6.38. The average Bonchev–Trinajstić information content (AvgIpc) is 3.08. The quantitative estimate of drug-likeness (QED) is 0.879. The Morgan fingerprint density at radius 3 is 2.96 bits per heavy atom. The van der Waals surface area contributed by atoms with Gasteiger partial charge in [0, 0.05) is 30.9 Å². The lowest BCUT2D eigenvalue weighted by Gasteiger charge is -2.13. The van der Waals surface area contributed by atoms with E-state index in [0.29, 0.717) is 17.0 Å². The largest absolute Gasteiger partial charge is 0.350 e. The van der Waals surface area contributed by atoms with Crippen molar-refractivity contribution in [3.63, 3.8) is 0 Å². The lowest BCUT2D eigenvalue weighted by Crippen LogP contribution is -2.23. The molecule has 7 heteroatoms. The Hall–Kier alpha value is -1.66. The third-order valence-electron chi connectivity index (χ3n) is 4.63. The summed E-state index contributed by atoms with van der Waals surface area (Å²) in [6.07, 6.45) is 8.30. The minimum absolute atomic E-state index is 0.379. The first-order chi connectivity index (χ1) is 11.2. The molecule has 3 heterocycles. The number of anilines is 1. The molecule has 0 spiro atoms. The van der Waals surface area contributed by atoms with Crippen LogP contribution in [0.25, 0.3) is 11.3 Å². The van der Waals surface area contributed by atoms with Gasteiger partial charge in [-0.1, -0.05) is 11.6 Å². The Balaban J connectivity index is 1.64. The predicted molar refractivity (Wildman–Crippen MR) is 90.6 cm³/mol. The molecule has 23 heavy (non-hydrogen) atoms. The molecular weight excluding hydrogens is 312 g/mol. The summed E-state index contributed by atoms with van der Waals surface area (Å²) < 4.78 is 1.94. The van der Waals surface area contributed by atoms with Gasteiger partial charge >= 0.3 is 0 Å². The van der Waals surface area contributed by atoms with Crippen LogP contribution in [0.2, 0.25) is 5.02 Å². The zero-order valence-corrected chi connectivity index (χ0v) is 14.0. The topological polar surface area (TPSA) is 67.7 Å². The van der Waals surface area contributed by atoms with Gasteiger partial charge in [-0.15, -0.1) is 0 Å². The normalized spacial score (nSPS) is 20.9. The van der Waals surface area contributed by atoms with Crippen LogP contribution in [0, 0.1) is 5.92 Å². The van der Waals surface area contributed by atoms with Gasteiger partial charge in [-0.3, -0.25) is 4.68 Å². The first-order valence-corrected chi connectivity index (χ1v) is 8.59. The fourth-order valence-electron chi connectivity index (χ4n) is 3.08. The number of nitrogens with zero attached hydrogens (tertiary/aromatic N) is 4. The molecule has 1 atom stereocenters. The fourth-order valence-corrected chi connectivity index (χ4v) is 3.28. The predicted octanol–water partition coefficient (Wildman–Crippen LogP) is 2.26. The molecule has 0 aromatic carbocycles. The molecule has 2 aliphatic rings. The second kappa shape index (κ2) is 6.09. The van der Waals surface area contributed by atoms with E-state index in [0.717, 1.165) is 43.1 Å². The van der Waals surface area contributed by atoms with Crippen LogP contribution in [-0.2, 0) is 13.5 Å². The van der Waals surface area contributed by atoms with Crippen molar-refractivity contribution in [3.8, 4) is 11.3 Å². The Morgan fingerprint density at radius 1 is 1.35 bits per heavy atom. The molecular formula is C16H21ClN6. The number of hydrogen-bond donors (Lipinski definition) is 2. The summed E-state index contributed by atoms with van der Waals surface area (Å²) in [6.45, 7) is 1.98. The first-order valence-electron chi connectivity index (χ1n) is 8.21. The summed E-state index contributed by atoms with van der Waals surface area (Å²) in [4.78, 5) is 9.00. The number of aryl methyl sites for hydroxylation is 1. The van der Waals surface area contributed by atoms with Crippen LogP contribution < -0.4 is 10.6 Å². The molecule has 2 fully saturated rings. The van der Waals surface area contributed by atoms with Gasteiger partial charge in [0.05, 0.1) is 23.1 Å². The van der Waals surface area contributed by atoms with Crippen LogP contribution in [0.5, 0.6) is 0 Å². The maximum absolute atomic E-state index is 6.38. The third-order valence-corrected chi connectivity index (χ3v) is 4.91. The fraction of sp³-hybridized carbons (Fsp3) is 0.562.